The standard InChI is InChI=1S/C15H33N.C4H11N/c1-3-4-5-6-7-8-9-10-11-12-13-14-15-16-2;1-3-5-4-2/h16H,3-15H2,1-2H3;5H,3-4H2,1-2H3. The summed E-state index contributed by atoms with van der Waals surface area (Å²) in [6.45, 7) is 9.87. The van der Waals surface area contributed by atoms with Crippen molar-refractivity contribution in [3.8, 4) is 0 Å². The third-order valence-corrected chi connectivity index (χ3v) is 3.78. The van der Waals surface area contributed by atoms with Gasteiger partial charge in [-0.15, -0.1) is 0 Å². The molecule has 0 unspecified atom stereocenters. The molecule has 130 valence electrons. The Hall–Kier alpha value is -0.0800. The molecule has 2 N–H and O–H groups in total. The molecule has 0 atom stereocenters. The van der Waals surface area contributed by atoms with Crippen molar-refractivity contribution in [3.05, 3.63) is 0 Å². The molecule has 0 saturated carbocycles. The molecule has 0 aliphatic heterocycles. The molecule has 0 bridgehead atoms. The van der Waals surface area contributed by atoms with Gasteiger partial charge >= 0.3 is 0 Å². The van der Waals surface area contributed by atoms with Crippen LogP contribution in [0.5, 0.6) is 0 Å². The predicted octanol–water partition coefficient (Wildman–Crippen LogP) is 5.52. The molecule has 0 aromatic heterocycles. The van der Waals surface area contributed by atoms with Gasteiger partial charge in [0.1, 0.15) is 0 Å². The van der Waals surface area contributed by atoms with Crippen LogP contribution in [0.15, 0.2) is 0 Å². The van der Waals surface area contributed by atoms with E-state index in [1.165, 1.54) is 83.6 Å². The first kappa shape index (κ1) is 23.2. The lowest BCUT2D eigenvalue weighted by Gasteiger charge is -2.02. The van der Waals surface area contributed by atoms with Gasteiger partial charge in [-0.1, -0.05) is 91.4 Å². The number of hydrogen-bond acceptors (Lipinski definition) is 2. The van der Waals surface area contributed by atoms with Gasteiger partial charge in [-0.2, -0.15) is 0 Å². The second-order valence-corrected chi connectivity index (χ2v) is 5.95. The van der Waals surface area contributed by atoms with E-state index in [4.69, 9.17) is 0 Å². The van der Waals surface area contributed by atoms with Gasteiger partial charge in [-0.05, 0) is 33.1 Å². The van der Waals surface area contributed by atoms with Gasteiger partial charge < -0.3 is 10.6 Å². The van der Waals surface area contributed by atoms with E-state index in [1.54, 1.807) is 0 Å². The summed E-state index contributed by atoms with van der Waals surface area (Å²) >= 11 is 0. The number of unbranched alkanes of at least 4 members (excludes halogenated alkanes) is 11. The van der Waals surface area contributed by atoms with Crippen molar-refractivity contribution in [2.45, 2.75) is 97.8 Å². The van der Waals surface area contributed by atoms with E-state index in [0.717, 1.165) is 13.1 Å². The molecule has 21 heavy (non-hydrogen) atoms. The lowest BCUT2D eigenvalue weighted by Crippen LogP contribution is -2.09. The van der Waals surface area contributed by atoms with Crippen molar-refractivity contribution in [1.82, 2.24) is 10.6 Å². The van der Waals surface area contributed by atoms with Crippen LogP contribution in [0.4, 0.5) is 0 Å². The Bertz CT molecular complexity index is 133. The average molecular weight is 301 g/mol. The van der Waals surface area contributed by atoms with E-state index in [0.29, 0.717) is 0 Å². The summed E-state index contributed by atoms with van der Waals surface area (Å²) in [4.78, 5) is 0. The zero-order valence-electron chi connectivity index (χ0n) is 15.6. The normalized spacial score (nSPS) is 10.3. The van der Waals surface area contributed by atoms with Crippen LogP contribution in [0.2, 0.25) is 0 Å². The smallest absolute Gasteiger partial charge is 0.00519 e. The van der Waals surface area contributed by atoms with E-state index < -0.39 is 0 Å². The SMILES string of the molecule is CCCCCCCCCCCCCCNC.CCNCC. The first-order valence-electron chi connectivity index (χ1n) is 9.68. The van der Waals surface area contributed by atoms with E-state index in [1.807, 2.05) is 7.05 Å². The van der Waals surface area contributed by atoms with Crippen molar-refractivity contribution in [1.29, 1.82) is 0 Å². The fraction of sp³-hybridized carbons (Fsp3) is 1.00. The molecule has 0 aliphatic rings. The maximum absolute atomic E-state index is 3.20. The van der Waals surface area contributed by atoms with Crippen LogP contribution in [0, 0.1) is 0 Å². The van der Waals surface area contributed by atoms with E-state index >= 15 is 0 Å². The highest BCUT2D eigenvalue weighted by molar-refractivity contribution is 4.49. The highest BCUT2D eigenvalue weighted by Crippen LogP contribution is 2.11. The van der Waals surface area contributed by atoms with Crippen LogP contribution >= 0.6 is 0 Å². The second kappa shape index (κ2) is 24.9. The van der Waals surface area contributed by atoms with Gasteiger partial charge in [0.2, 0.25) is 0 Å². The van der Waals surface area contributed by atoms with Gasteiger partial charge in [0, 0.05) is 0 Å². The van der Waals surface area contributed by atoms with Crippen LogP contribution in [0.25, 0.3) is 0 Å². The molecule has 0 saturated heterocycles. The van der Waals surface area contributed by atoms with Crippen LogP contribution in [0.1, 0.15) is 97.8 Å². The van der Waals surface area contributed by atoms with E-state index in [9.17, 15) is 0 Å². The van der Waals surface area contributed by atoms with E-state index in [-0.39, 0.29) is 0 Å². The van der Waals surface area contributed by atoms with Crippen molar-refractivity contribution in [2.24, 2.45) is 0 Å². The largest absolute Gasteiger partial charge is 0.320 e. The maximum Gasteiger partial charge on any atom is -0.00519 e. The molecule has 2 heteroatoms. The third-order valence-electron chi connectivity index (χ3n) is 3.78. The van der Waals surface area contributed by atoms with Crippen LogP contribution in [-0.2, 0) is 0 Å². The van der Waals surface area contributed by atoms with Gasteiger partial charge in [-0.3, -0.25) is 0 Å². The summed E-state index contributed by atoms with van der Waals surface area (Å²) in [5.74, 6) is 0. The molecule has 0 amide bonds. The maximum atomic E-state index is 3.20. The highest BCUT2D eigenvalue weighted by atomic mass is 14.8. The fourth-order valence-electron chi connectivity index (χ4n) is 2.39. The summed E-state index contributed by atoms with van der Waals surface area (Å²) in [5.41, 5.74) is 0. The monoisotopic (exact) mass is 300 g/mol. The topological polar surface area (TPSA) is 24.1 Å². The summed E-state index contributed by atoms with van der Waals surface area (Å²) in [7, 11) is 2.04. The Morgan fingerprint density at radius 3 is 1.19 bits per heavy atom. The summed E-state index contributed by atoms with van der Waals surface area (Å²) in [5, 5.41) is 6.31. The molecular formula is C19H44N2. The predicted molar refractivity (Wildman–Crippen MR) is 99.2 cm³/mol. The first-order chi connectivity index (χ1) is 10.3. The number of rotatable bonds is 15. The van der Waals surface area contributed by atoms with Crippen molar-refractivity contribution < 1.29 is 0 Å². The summed E-state index contributed by atoms with van der Waals surface area (Å²) < 4.78 is 0. The van der Waals surface area contributed by atoms with Crippen molar-refractivity contribution >= 4 is 0 Å². The number of hydrogen-bond donors (Lipinski definition) is 2. The Morgan fingerprint density at radius 2 is 0.905 bits per heavy atom. The molecule has 0 radical (unpaired) electrons. The molecular weight excluding hydrogens is 256 g/mol. The Balaban J connectivity index is 0. The van der Waals surface area contributed by atoms with Crippen LogP contribution in [-0.4, -0.2) is 26.7 Å². The number of nitrogens with one attached hydrogen (secondary N) is 2. The fourth-order valence-corrected chi connectivity index (χ4v) is 2.39. The summed E-state index contributed by atoms with van der Waals surface area (Å²) in [6.07, 6.45) is 17.3. The summed E-state index contributed by atoms with van der Waals surface area (Å²) in [6, 6.07) is 0. The highest BCUT2D eigenvalue weighted by Gasteiger charge is 1.92. The lowest BCUT2D eigenvalue weighted by atomic mass is 10.1. The minimum Gasteiger partial charge on any atom is -0.320 e. The zero-order chi connectivity index (χ0) is 16.0. The van der Waals surface area contributed by atoms with Crippen LogP contribution in [0.3, 0.4) is 0 Å². The van der Waals surface area contributed by atoms with Gasteiger partial charge in [0.05, 0.1) is 0 Å². The van der Waals surface area contributed by atoms with Gasteiger partial charge in [0.25, 0.3) is 0 Å². The van der Waals surface area contributed by atoms with Crippen LogP contribution < -0.4 is 10.6 Å². The second-order valence-electron chi connectivity index (χ2n) is 5.95. The Morgan fingerprint density at radius 1 is 0.524 bits per heavy atom. The Labute approximate surface area is 135 Å². The lowest BCUT2D eigenvalue weighted by molar-refractivity contribution is 0.541. The molecule has 0 aliphatic carbocycles. The van der Waals surface area contributed by atoms with Crippen molar-refractivity contribution in [3.63, 3.8) is 0 Å². The molecule has 0 rings (SSSR count). The molecule has 2 nitrogen and oxygen atoms in total. The minimum absolute atomic E-state index is 1.09. The Kier molecular flexibility index (Phi) is 27.5. The zero-order valence-corrected chi connectivity index (χ0v) is 15.6. The minimum atomic E-state index is 1.09. The molecule has 0 spiro atoms. The molecule has 0 fully saturated rings. The molecule has 0 aromatic rings. The molecule has 0 aromatic carbocycles. The quantitative estimate of drug-likeness (QED) is 0.389. The van der Waals surface area contributed by atoms with Gasteiger partial charge in [-0.25, -0.2) is 0 Å². The van der Waals surface area contributed by atoms with E-state index in [2.05, 4.69) is 31.4 Å². The van der Waals surface area contributed by atoms with Crippen molar-refractivity contribution in [2.75, 3.05) is 26.7 Å². The molecule has 0 heterocycles. The first-order valence-corrected chi connectivity index (χ1v) is 9.68. The third kappa shape index (κ3) is 28.7. The van der Waals surface area contributed by atoms with Gasteiger partial charge in [0.15, 0.2) is 0 Å². The average Bonchev–Trinajstić information content (AvgIpc) is 2.50.